The Bertz CT molecular complexity index is 703. The molecule has 3 N–H and O–H groups in total. The first-order valence-electron chi connectivity index (χ1n) is 7.32. The second-order valence-corrected chi connectivity index (χ2v) is 5.73. The van der Waals surface area contributed by atoms with Gasteiger partial charge in [0.25, 0.3) is 0 Å². The number of nitrogens with one attached hydrogen (secondary N) is 1. The normalized spacial score (nSPS) is 12.3. The summed E-state index contributed by atoms with van der Waals surface area (Å²) in [6, 6.07) is 16.6. The zero-order valence-corrected chi connectivity index (χ0v) is 12.9. The molecule has 0 aliphatic rings. The molecule has 4 heteroatoms. The molecule has 1 heterocycles. The zero-order valence-electron chi connectivity index (χ0n) is 12.2. The highest BCUT2D eigenvalue weighted by Gasteiger charge is 2.13. The molecule has 1 atom stereocenters. The molecule has 1 aromatic heterocycles. The molecule has 0 spiro atoms. The molecular weight excluding hydrogens is 294 g/mol. The summed E-state index contributed by atoms with van der Waals surface area (Å²) >= 11 is 5.98. The van der Waals surface area contributed by atoms with E-state index in [1.165, 1.54) is 11.1 Å². The molecule has 0 bridgehead atoms. The maximum absolute atomic E-state index is 5.98. The van der Waals surface area contributed by atoms with E-state index in [0.717, 1.165) is 22.6 Å². The number of benzene rings is 2. The van der Waals surface area contributed by atoms with E-state index >= 15 is 0 Å². The molecule has 3 nitrogen and oxygen atoms in total. The minimum absolute atomic E-state index is 0.292. The summed E-state index contributed by atoms with van der Waals surface area (Å²) in [6.45, 7) is 0.650. The van der Waals surface area contributed by atoms with Crippen LogP contribution in [-0.2, 0) is 0 Å². The highest BCUT2D eigenvalue weighted by Crippen LogP contribution is 2.30. The van der Waals surface area contributed by atoms with Gasteiger partial charge in [-0.05, 0) is 41.8 Å². The molecular formula is C18H18ClN3. The predicted octanol–water partition coefficient (Wildman–Crippen LogP) is 4.21. The van der Waals surface area contributed by atoms with Gasteiger partial charge in [0.15, 0.2) is 0 Å². The Labute approximate surface area is 135 Å². The van der Waals surface area contributed by atoms with Gasteiger partial charge in [0.2, 0.25) is 0 Å². The summed E-state index contributed by atoms with van der Waals surface area (Å²) in [5.74, 6) is 0.292. The lowest BCUT2D eigenvalue weighted by Gasteiger charge is -2.17. The number of H-pyrrole nitrogens is 1. The maximum Gasteiger partial charge on any atom is 0.0565 e. The Morgan fingerprint density at radius 2 is 1.59 bits per heavy atom. The molecule has 3 aromatic rings. The van der Waals surface area contributed by atoms with Crippen LogP contribution < -0.4 is 5.73 Å². The SMILES string of the molecule is NCCC(c1ccc(Cl)cc1)c1ccc(-c2cn[nH]c2)cc1. The highest BCUT2D eigenvalue weighted by molar-refractivity contribution is 6.30. The lowest BCUT2D eigenvalue weighted by molar-refractivity contribution is 0.726. The van der Waals surface area contributed by atoms with Gasteiger partial charge in [0, 0.05) is 22.7 Å². The van der Waals surface area contributed by atoms with E-state index in [2.05, 4.69) is 46.6 Å². The average Bonchev–Trinajstić information content (AvgIpc) is 3.08. The molecule has 0 saturated heterocycles. The molecule has 0 aliphatic heterocycles. The number of halogens is 1. The van der Waals surface area contributed by atoms with Crippen LogP contribution in [0.4, 0.5) is 0 Å². The van der Waals surface area contributed by atoms with Crippen molar-refractivity contribution in [3.63, 3.8) is 0 Å². The average molecular weight is 312 g/mol. The van der Waals surface area contributed by atoms with E-state index in [1.54, 1.807) is 0 Å². The lowest BCUT2D eigenvalue weighted by atomic mass is 9.88. The van der Waals surface area contributed by atoms with Crippen molar-refractivity contribution in [1.82, 2.24) is 10.2 Å². The van der Waals surface area contributed by atoms with Crippen molar-refractivity contribution in [3.8, 4) is 11.1 Å². The quantitative estimate of drug-likeness (QED) is 0.741. The fourth-order valence-corrected chi connectivity index (χ4v) is 2.83. The third kappa shape index (κ3) is 3.21. The summed E-state index contributed by atoms with van der Waals surface area (Å²) in [5.41, 5.74) is 10.6. The van der Waals surface area contributed by atoms with E-state index in [-0.39, 0.29) is 0 Å². The van der Waals surface area contributed by atoms with Crippen LogP contribution in [0.1, 0.15) is 23.5 Å². The fourth-order valence-electron chi connectivity index (χ4n) is 2.70. The Morgan fingerprint density at radius 1 is 0.955 bits per heavy atom. The largest absolute Gasteiger partial charge is 0.330 e. The molecule has 0 fully saturated rings. The van der Waals surface area contributed by atoms with E-state index in [1.807, 2.05) is 24.5 Å². The monoisotopic (exact) mass is 311 g/mol. The molecule has 22 heavy (non-hydrogen) atoms. The number of hydrogen-bond acceptors (Lipinski definition) is 2. The van der Waals surface area contributed by atoms with Gasteiger partial charge in [0.05, 0.1) is 6.20 Å². The van der Waals surface area contributed by atoms with Crippen molar-refractivity contribution < 1.29 is 0 Å². The fraction of sp³-hybridized carbons (Fsp3) is 0.167. The lowest BCUT2D eigenvalue weighted by Crippen LogP contribution is -2.08. The van der Waals surface area contributed by atoms with E-state index in [4.69, 9.17) is 17.3 Å². The molecule has 3 rings (SSSR count). The highest BCUT2D eigenvalue weighted by atomic mass is 35.5. The van der Waals surface area contributed by atoms with Crippen LogP contribution >= 0.6 is 11.6 Å². The van der Waals surface area contributed by atoms with Crippen LogP contribution in [0.3, 0.4) is 0 Å². The Kier molecular flexibility index (Phi) is 4.56. The first kappa shape index (κ1) is 14.8. The molecule has 0 aliphatic carbocycles. The number of nitrogens with zero attached hydrogens (tertiary/aromatic N) is 1. The van der Waals surface area contributed by atoms with E-state index < -0.39 is 0 Å². The standard InChI is InChI=1S/C18H18ClN3/c19-17-7-5-15(6-8-17)18(9-10-20)14-3-1-13(2-4-14)16-11-21-22-12-16/h1-8,11-12,18H,9-10,20H2,(H,21,22). The van der Waals surface area contributed by atoms with Gasteiger partial charge in [-0.1, -0.05) is 48.0 Å². The Morgan fingerprint density at radius 3 is 2.14 bits per heavy atom. The first-order valence-corrected chi connectivity index (χ1v) is 7.70. The third-order valence-corrected chi connectivity index (χ3v) is 4.12. The summed E-state index contributed by atoms with van der Waals surface area (Å²) in [5, 5.41) is 7.58. The summed E-state index contributed by atoms with van der Waals surface area (Å²) in [7, 11) is 0. The van der Waals surface area contributed by atoms with Crippen LogP contribution in [0.5, 0.6) is 0 Å². The van der Waals surface area contributed by atoms with Gasteiger partial charge in [-0.15, -0.1) is 0 Å². The molecule has 1 unspecified atom stereocenters. The van der Waals surface area contributed by atoms with Crippen LogP contribution in [-0.4, -0.2) is 16.7 Å². The minimum Gasteiger partial charge on any atom is -0.330 e. The van der Waals surface area contributed by atoms with Gasteiger partial charge in [0.1, 0.15) is 0 Å². The zero-order chi connectivity index (χ0) is 15.4. The molecule has 0 amide bonds. The second kappa shape index (κ2) is 6.77. The summed E-state index contributed by atoms with van der Waals surface area (Å²) in [4.78, 5) is 0. The van der Waals surface area contributed by atoms with Crippen LogP contribution in [0, 0.1) is 0 Å². The van der Waals surface area contributed by atoms with Gasteiger partial charge in [-0.25, -0.2) is 0 Å². The van der Waals surface area contributed by atoms with E-state index in [9.17, 15) is 0 Å². The number of aromatic nitrogens is 2. The predicted molar refractivity (Wildman–Crippen MR) is 91.0 cm³/mol. The van der Waals surface area contributed by atoms with Crippen LogP contribution in [0.2, 0.25) is 5.02 Å². The number of rotatable bonds is 5. The Hall–Kier alpha value is -2.10. The topological polar surface area (TPSA) is 54.7 Å². The number of aromatic amines is 1. The molecule has 112 valence electrons. The number of nitrogens with two attached hydrogens (primary N) is 1. The Balaban J connectivity index is 1.90. The minimum atomic E-state index is 0.292. The van der Waals surface area contributed by atoms with Gasteiger partial charge < -0.3 is 5.73 Å². The second-order valence-electron chi connectivity index (χ2n) is 5.29. The number of hydrogen-bond donors (Lipinski definition) is 2. The third-order valence-electron chi connectivity index (χ3n) is 3.87. The first-order chi connectivity index (χ1) is 10.8. The van der Waals surface area contributed by atoms with Gasteiger partial charge in [-0.2, -0.15) is 5.10 Å². The summed E-state index contributed by atoms with van der Waals surface area (Å²) in [6.07, 6.45) is 4.63. The van der Waals surface area contributed by atoms with Crippen LogP contribution in [0.15, 0.2) is 60.9 Å². The summed E-state index contributed by atoms with van der Waals surface area (Å²) < 4.78 is 0. The molecule has 0 saturated carbocycles. The van der Waals surface area contributed by atoms with Crippen molar-refractivity contribution in [2.45, 2.75) is 12.3 Å². The van der Waals surface area contributed by atoms with Crippen LogP contribution in [0.25, 0.3) is 11.1 Å². The van der Waals surface area contributed by atoms with Crippen molar-refractivity contribution in [1.29, 1.82) is 0 Å². The smallest absolute Gasteiger partial charge is 0.0565 e. The van der Waals surface area contributed by atoms with Gasteiger partial charge in [-0.3, -0.25) is 5.10 Å². The molecule has 2 aromatic carbocycles. The van der Waals surface area contributed by atoms with Crippen molar-refractivity contribution in [2.75, 3.05) is 6.54 Å². The van der Waals surface area contributed by atoms with E-state index in [0.29, 0.717) is 12.5 Å². The van der Waals surface area contributed by atoms with Crippen molar-refractivity contribution in [2.24, 2.45) is 5.73 Å². The molecule has 0 radical (unpaired) electrons. The maximum atomic E-state index is 5.98. The van der Waals surface area contributed by atoms with Crippen molar-refractivity contribution in [3.05, 3.63) is 77.1 Å². The van der Waals surface area contributed by atoms with Crippen molar-refractivity contribution >= 4 is 11.6 Å². The van der Waals surface area contributed by atoms with Gasteiger partial charge >= 0.3 is 0 Å².